The first kappa shape index (κ1) is 6.53. The molecule has 1 aliphatic rings. The number of carbonyl (C=O) groups excluding carboxylic acids is 1. The molecule has 0 unspecified atom stereocenters. The van der Waals surface area contributed by atoms with E-state index >= 15 is 0 Å². The zero-order valence-corrected chi connectivity index (χ0v) is 5.98. The number of ketones is 1. The highest BCUT2D eigenvalue weighted by Crippen LogP contribution is 2.18. The second kappa shape index (κ2) is 2.34. The fraction of sp³-hybridized carbons (Fsp3) is 0.625. The van der Waals surface area contributed by atoms with Crippen molar-refractivity contribution in [2.24, 2.45) is 5.92 Å². The molecular weight excluding hydrogens is 112 g/mol. The van der Waals surface area contributed by atoms with Crippen LogP contribution >= 0.6 is 0 Å². The first-order chi connectivity index (χ1) is 4.20. The Bertz CT molecular complexity index is 156. The third-order valence-corrected chi connectivity index (χ3v) is 1.80. The van der Waals surface area contributed by atoms with Gasteiger partial charge in [-0.3, -0.25) is 4.79 Å². The maximum absolute atomic E-state index is 10.9. The SMILES string of the molecule is CC1=C[C@@H](C)CCC1=O. The molecule has 0 bridgehead atoms. The van der Waals surface area contributed by atoms with Crippen molar-refractivity contribution in [1.82, 2.24) is 0 Å². The summed E-state index contributed by atoms with van der Waals surface area (Å²) in [5.74, 6) is 0.941. The van der Waals surface area contributed by atoms with Crippen LogP contribution in [0.1, 0.15) is 26.7 Å². The van der Waals surface area contributed by atoms with Crippen LogP contribution in [-0.4, -0.2) is 5.78 Å². The van der Waals surface area contributed by atoms with Crippen LogP contribution in [0, 0.1) is 5.92 Å². The van der Waals surface area contributed by atoms with Gasteiger partial charge in [0.2, 0.25) is 0 Å². The number of rotatable bonds is 0. The van der Waals surface area contributed by atoms with Crippen LogP contribution in [0.25, 0.3) is 0 Å². The van der Waals surface area contributed by atoms with Crippen molar-refractivity contribution in [3.63, 3.8) is 0 Å². The van der Waals surface area contributed by atoms with E-state index in [9.17, 15) is 4.79 Å². The van der Waals surface area contributed by atoms with Crippen LogP contribution in [0.15, 0.2) is 11.6 Å². The molecular formula is C8H12O. The summed E-state index contributed by atoms with van der Waals surface area (Å²) >= 11 is 0. The zero-order chi connectivity index (χ0) is 6.85. The van der Waals surface area contributed by atoms with E-state index in [0.29, 0.717) is 11.7 Å². The summed E-state index contributed by atoms with van der Waals surface area (Å²) in [5.41, 5.74) is 0.953. The second-order valence-electron chi connectivity index (χ2n) is 2.79. The van der Waals surface area contributed by atoms with E-state index in [1.54, 1.807) is 0 Å². The van der Waals surface area contributed by atoms with Crippen LogP contribution in [0.3, 0.4) is 0 Å². The summed E-state index contributed by atoms with van der Waals surface area (Å²) in [6, 6.07) is 0. The number of hydrogen-bond acceptors (Lipinski definition) is 1. The second-order valence-corrected chi connectivity index (χ2v) is 2.79. The number of carbonyl (C=O) groups is 1. The van der Waals surface area contributed by atoms with E-state index in [-0.39, 0.29) is 0 Å². The highest BCUT2D eigenvalue weighted by atomic mass is 16.1. The van der Waals surface area contributed by atoms with E-state index in [1.165, 1.54) is 0 Å². The number of Topliss-reactive ketones (excluding diaryl/α,β-unsaturated/α-hetero) is 1. The van der Waals surface area contributed by atoms with Crippen molar-refractivity contribution in [2.45, 2.75) is 26.7 Å². The van der Waals surface area contributed by atoms with Crippen molar-refractivity contribution in [1.29, 1.82) is 0 Å². The van der Waals surface area contributed by atoms with E-state index in [0.717, 1.165) is 18.4 Å². The summed E-state index contributed by atoms with van der Waals surface area (Å²) in [6.07, 6.45) is 3.85. The summed E-state index contributed by atoms with van der Waals surface area (Å²) in [5, 5.41) is 0. The summed E-state index contributed by atoms with van der Waals surface area (Å²) in [4.78, 5) is 10.9. The van der Waals surface area contributed by atoms with Crippen LogP contribution in [0.4, 0.5) is 0 Å². The fourth-order valence-corrected chi connectivity index (χ4v) is 1.16. The third kappa shape index (κ3) is 1.41. The maximum Gasteiger partial charge on any atom is 0.158 e. The van der Waals surface area contributed by atoms with Gasteiger partial charge in [-0.05, 0) is 24.8 Å². The van der Waals surface area contributed by atoms with Crippen molar-refractivity contribution in [2.75, 3.05) is 0 Å². The van der Waals surface area contributed by atoms with Gasteiger partial charge in [0.05, 0.1) is 0 Å². The van der Waals surface area contributed by atoms with Gasteiger partial charge in [0.1, 0.15) is 0 Å². The van der Waals surface area contributed by atoms with Gasteiger partial charge in [-0.15, -0.1) is 0 Å². The third-order valence-electron chi connectivity index (χ3n) is 1.80. The average molecular weight is 124 g/mol. The Morgan fingerprint density at radius 2 is 2.33 bits per heavy atom. The molecule has 9 heavy (non-hydrogen) atoms. The molecule has 0 saturated carbocycles. The molecule has 0 radical (unpaired) electrons. The Balaban J connectivity index is 2.72. The van der Waals surface area contributed by atoms with Crippen molar-refractivity contribution in [3.8, 4) is 0 Å². The van der Waals surface area contributed by atoms with Gasteiger partial charge < -0.3 is 0 Å². The number of allylic oxidation sites excluding steroid dienone is 2. The Morgan fingerprint density at radius 1 is 1.67 bits per heavy atom. The predicted octanol–water partition coefficient (Wildman–Crippen LogP) is 1.93. The first-order valence-corrected chi connectivity index (χ1v) is 3.42. The largest absolute Gasteiger partial charge is 0.295 e. The van der Waals surface area contributed by atoms with E-state index in [4.69, 9.17) is 0 Å². The molecule has 1 nitrogen and oxygen atoms in total. The van der Waals surface area contributed by atoms with Crippen molar-refractivity contribution < 1.29 is 4.79 Å². The minimum absolute atomic E-state index is 0.327. The van der Waals surface area contributed by atoms with Gasteiger partial charge in [-0.25, -0.2) is 0 Å². The van der Waals surface area contributed by atoms with Crippen LogP contribution in [-0.2, 0) is 4.79 Å². The fourth-order valence-electron chi connectivity index (χ4n) is 1.16. The van der Waals surface area contributed by atoms with Crippen molar-refractivity contribution >= 4 is 5.78 Å². The Hall–Kier alpha value is -0.590. The molecule has 0 fully saturated rings. The summed E-state index contributed by atoms with van der Waals surface area (Å²) in [7, 11) is 0. The molecule has 0 aromatic heterocycles. The predicted molar refractivity (Wildman–Crippen MR) is 37.2 cm³/mol. The van der Waals surface area contributed by atoms with E-state index in [1.807, 2.05) is 6.92 Å². The average Bonchev–Trinajstić information content (AvgIpc) is 1.80. The minimum atomic E-state index is 0.327. The highest BCUT2D eigenvalue weighted by Gasteiger charge is 2.12. The standard InChI is InChI=1S/C8H12O/c1-6-3-4-8(9)7(2)5-6/h5-6H,3-4H2,1-2H3/t6-/m0/s1. The Kier molecular flexibility index (Phi) is 1.70. The molecule has 0 saturated heterocycles. The summed E-state index contributed by atoms with van der Waals surface area (Å²) in [6.45, 7) is 4.05. The molecule has 1 rings (SSSR count). The Labute approximate surface area is 55.8 Å². The number of hydrogen-bond donors (Lipinski definition) is 0. The van der Waals surface area contributed by atoms with E-state index < -0.39 is 0 Å². The molecule has 0 aliphatic heterocycles. The van der Waals surface area contributed by atoms with Crippen LogP contribution in [0.5, 0.6) is 0 Å². The molecule has 1 aliphatic carbocycles. The maximum atomic E-state index is 10.9. The topological polar surface area (TPSA) is 17.1 Å². The molecule has 0 spiro atoms. The van der Waals surface area contributed by atoms with E-state index in [2.05, 4.69) is 13.0 Å². The van der Waals surface area contributed by atoms with Gasteiger partial charge in [-0.1, -0.05) is 13.0 Å². The van der Waals surface area contributed by atoms with Crippen LogP contribution < -0.4 is 0 Å². The summed E-state index contributed by atoms with van der Waals surface area (Å²) < 4.78 is 0. The van der Waals surface area contributed by atoms with Crippen LogP contribution in [0.2, 0.25) is 0 Å². The lowest BCUT2D eigenvalue weighted by Gasteiger charge is -2.12. The molecule has 1 heteroatoms. The van der Waals surface area contributed by atoms with Gasteiger partial charge in [0.15, 0.2) is 5.78 Å². The lowest BCUT2D eigenvalue weighted by molar-refractivity contribution is -0.116. The quantitative estimate of drug-likeness (QED) is 0.482. The Morgan fingerprint density at radius 3 is 2.78 bits per heavy atom. The smallest absolute Gasteiger partial charge is 0.158 e. The molecule has 0 amide bonds. The monoisotopic (exact) mass is 124 g/mol. The molecule has 0 aromatic rings. The molecule has 0 heterocycles. The molecule has 1 atom stereocenters. The van der Waals surface area contributed by atoms with Gasteiger partial charge in [0.25, 0.3) is 0 Å². The molecule has 50 valence electrons. The first-order valence-electron chi connectivity index (χ1n) is 3.42. The van der Waals surface area contributed by atoms with Gasteiger partial charge in [0, 0.05) is 6.42 Å². The van der Waals surface area contributed by atoms with Gasteiger partial charge in [-0.2, -0.15) is 0 Å². The lowest BCUT2D eigenvalue weighted by atomic mass is 9.92. The normalized spacial score (nSPS) is 28.0. The molecule has 0 aromatic carbocycles. The lowest BCUT2D eigenvalue weighted by Crippen LogP contribution is -2.09. The zero-order valence-electron chi connectivity index (χ0n) is 5.98. The minimum Gasteiger partial charge on any atom is -0.295 e. The molecule has 0 N–H and O–H groups in total. The highest BCUT2D eigenvalue weighted by molar-refractivity contribution is 5.95. The van der Waals surface area contributed by atoms with Crippen molar-refractivity contribution in [3.05, 3.63) is 11.6 Å². The van der Waals surface area contributed by atoms with Gasteiger partial charge >= 0.3 is 0 Å².